The zero-order valence-electron chi connectivity index (χ0n) is 15.4. The van der Waals surface area contributed by atoms with Gasteiger partial charge in [0.15, 0.2) is 11.6 Å². The second kappa shape index (κ2) is 8.32. The van der Waals surface area contributed by atoms with Crippen molar-refractivity contribution < 1.29 is 22.0 Å². The fourth-order valence-corrected chi connectivity index (χ4v) is 4.73. The fourth-order valence-electron chi connectivity index (χ4n) is 3.29. The summed E-state index contributed by atoms with van der Waals surface area (Å²) in [7, 11) is -2.02. The van der Waals surface area contributed by atoms with Crippen LogP contribution in [0.25, 0.3) is 0 Å². The van der Waals surface area contributed by atoms with Crippen LogP contribution in [-0.2, 0) is 21.4 Å². The molecule has 1 aliphatic heterocycles. The van der Waals surface area contributed by atoms with Crippen LogP contribution in [0.3, 0.4) is 0 Å². The van der Waals surface area contributed by atoms with Crippen molar-refractivity contribution in [1.82, 2.24) is 14.2 Å². The topological polar surface area (TPSA) is 70.6 Å². The molecule has 150 valence electrons. The van der Waals surface area contributed by atoms with Crippen LogP contribution < -0.4 is 0 Å². The maximum absolute atomic E-state index is 13.3. The third-order valence-electron chi connectivity index (χ3n) is 4.86. The number of halogens is 2. The average molecular weight is 409 g/mol. The molecule has 1 aromatic carbocycles. The van der Waals surface area contributed by atoms with Gasteiger partial charge < -0.3 is 4.90 Å². The second-order valence-electron chi connectivity index (χ2n) is 6.81. The highest BCUT2D eigenvalue weighted by atomic mass is 32.2. The van der Waals surface area contributed by atoms with Gasteiger partial charge in [-0.1, -0.05) is 6.07 Å². The highest BCUT2D eigenvalue weighted by Gasteiger charge is 2.33. The molecule has 0 spiro atoms. The van der Waals surface area contributed by atoms with E-state index in [0.29, 0.717) is 18.4 Å². The van der Waals surface area contributed by atoms with E-state index in [4.69, 9.17) is 0 Å². The van der Waals surface area contributed by atoms with E-state index >= 15 is 0 Å². The lowest BCUT2D eigenvalue weighted by molar-refractivity contribution is -0.135. The summed E-state index contributed by atoms with van der Waals surface area (Å²) in [6, 6.07) is 6.60. The molecule has 0 saturated carbocycles. The Labute approximate surface area is 162 Å². The Morgan fingerprint density at radius 1 is 1.21 bits per heavy atom. The zero-order chi connectivity index (χ0) is 20.3. The predicted octanol–water partition coefficient (Wildman–Crippen LogP) is 2.42. The smallest absolute Gasteiger partial charge is 0.244 e. The molecule has 0 N–H and O–H groups in total. The van der Waals surface area contributed by atoms with Gasteiger partial charge in [-0.2, -0.15) is 4.31 Å². The molecule has 3 rings (SSSR count). The standard InChI is InChI=1S/C19H21F2N3O3S/c1-23(13-14-4-5-17(20)18(21)11-14)19(25)15-6-9-24(10-7-15)28(26,27)16-3-2-8-22-12-16/h2-5,8,11-12,15H,6-7,9-10,13H2,1H3. The van der Waals surface area contributed by atoms with Gasteiger partial charge in [-0.3, -0.25) is 9.78 Å². The number of amides is 1. The molecule has 2 heterocycles. The van der Waals surface area contributed by atoms with Gasteiger partial charge in [-0.25, -0.2) is 17.2 Å². The van der Waals surface area contributed by atoms with Crippen LogP contribution in [0, 0.1) is 17.6 Å². The number of hydrogen-bond acceptors (Lipinski definition) is 4. The number of nitrogens with zero attached hydrogens (tertiary/aromatic N) is 3. The van der Waals surface area contributed by atoms with Gasteiger partial charge in [0, 0.05) is 45.0 Å². The lowest BCUT2D eigenvalue weighted by atomic mass is 9.96. The van der Waals surface area contributed by atoms with Crippen molar-refractivity contribution in [2.24, 2.45) is 5.92 Å². The minimum Gasteiger partial charge on any atom is -0.341 e. The summed E-state index contributed by atoms with van der Waals surface area (Å²) in [5, 5.41) is 0. The Bertz CT molecular complexity index is 946. The molecule has 0 unspecified atom stereocenters. The molecule has 0 bridgehead atoms. The maximum atomic E-state index is 13.3. The Morgan fingerprint density at radius 2 is 1.93 bits per heavy atom. The zero-order valence-corrected chi connectivity index (χ0v) is 16.2. The molecule has 0 aliphatic carbocycles. The van der Waals surface area contributed by atoms with Gasteiger partial charge in [0.1, 0.15) is 4.90 Å². The highest BCUT2D eigenvalue weighted by molar-refractivity contribution is 7.89. The summed E-state index contributed by atoms with van der Waals surface area (Å²) < 4.78 is 53.0. The molecule has 6 nitrogen and oxygen atoms in total. The van der Waals surface area contributed by atoms with Crippen LogP contribution in [0.15, 0.2) is 47.6 Å². The largest absolute Gasteiger partial charge is 0.341 e. The van der Waals surface area contributed by atoms with E-state index in [-0.39, 0.29) is 36.4 Å². The first kappa shape index (κ1) is 20.3. The van der Waals surface area contributed by atoms with Crippen molar-refractivity contribution >= 4 is 15.9 Å². The number of rotatable bonds is 5. The van der Waals surface area contributed by atoms with Gasteiger partial charge in [0.25, 0.3) is 0 Å². The molecule has 0 atom stereocenters. The lowest BCUT2D eigenvalue weighted by Gasteiger charge is -2.32. The first-order valence-corrected chi connectivity index (χ1v) is 10.3. The minimum absolute atomic E-state index is 0.134. The molecular weight excluding hydrogens is 388 g/mol. The van der Waals surface area contributed by atoms with Gasteiger partial charge in [0.2, 0.25) is 15.9 Å². The van der Waals surface area contributed by atoms with E-state index in [0.717, 1.165) is 12.1 Å². The number of hydrogen-bond donors (Lipinski definition) is 0. The van der Waals surface area contributed by atoms with Gasteiger partial charge in [-0.15, -0.1) is 0 Å². The Morgan fingerprint density at radius 3 is 2.54 bits per heavy atom. The van der Waals surface area contributed by atoms with Crippen molar-refractivity contribution in [3.05, 3.63) is 59.9 Å². The van der Waals surface area contributed by atoms with E-state index in [1.54, 1.807) is 13.1 Å². The Hall–Kier alpha value is -2.39. The third-order valence-corrected chi connectivity index (χ3v) is 6.74. The van der Waals surface area contributed by atoms with Crippen LogP contribution in [0.1, 0.15) is 18.4 Å². The monoisotopic (exact) mass is 409 g/mol. The molecule has 0 radical (unpaired) electrons. The first-order valence-electron chi connectivity index (χ1n) is 8.88. The summed E-state index contributed by atoms with van der Waals surface area (Å²) in [4.78, 5) is 18.1. The number of sulfonamides is 1. The summed E-state index contributed by atoms with van der Waals surface area (Å²) >= 11 is 0. The molecule has 2 aromatic rings. The van der Waals surface area contributed by atoms with Crippen LogP contribution in [0.2, 0.25) is 0 Å². The Kier molecular flexibility index (Phi) is 6.04. The van der Waals surface area contributed by atoms with Gasteiger partial charge >= 0.3 is 0 Å². The van der Waals surface area contributed by atoms with Crippen molar-refractivity contribution in [3.63, 3.8) is 0 Å². The first-order chi connectivity index (χ1) is 13.3. The molecular formula is C19H21F2N3O3S. The highest BCUT2D eigenvalue weighted by Crippen LogP contribution is 2.25. The molecule has 9 heteroatoms. The van der Waals surface area contributed by atoms with E-state index in [1.807, 2.05) is 0 Å². The number of aromatic nitrogens is 1. The van der Waals surface area contributed by atoms with Gasteiger partial charge in [-0.05, 0) is 42.7 Å². The van der Waals surface area contributed by atoms with Crippen molar-refractivity contribution in [3.8, 4) is 0 Å². The van der Waals surface area contributed by atoms with Crippen molar-refractivity contribution in [2.75, 3.05) is 20.1 Å². The molecule has 1 fully saturated rings. The van der Waals surface area contributed by atoms with E-state index in [2.05, 4.69) is 4.98 Å². The van der Waals surface area contributed by atoms with Crippen LogP contribution in [-0.4, -0.2) is 48.7 Å². The minimum atomic E-state index is -3.62. The number of pyridine rings is 1. The number of benzene rings is 1. The molecule has 1 aliphatic rings. The molecule has 1 amide bonds. The van der Waals surface area contributed by atoms with Crippen LogP contribution in [0.5, 0.6) is 0 Å². The van der Waals surface area contributed by atoms with Crippen LogP contribution >= 0.6 is 0 Å². The summed E-state index contributed by atoms with van der Waals surface area (Å²) in [6.07, 6.45) is 3.62. The number of piperidine rings is 1. The van der Waals surface area contributed by atoms with Crippen LogP contribution in [0.4, 0.5) is 8.78 Å². The van der Waals surface area contributed by atoms with E-state index in [9.17, 15) is 22.0 Å². The summed E-state index contributed by atoms with van der Waals surface area (Å²) in [6.45, 7) is 0.642. The van der Waals surface area contributed by atoms with Gasteiger partial charge in [0.05, 0.1) is 0 Å². The average Bonchev–Trinajstić information content (AvgIpc) is 2.71. The summed E-state index contributed by atoms with van der Waals surface area (Å²) in [5.41, 5.74) is 0.492. The number of carbonyl (C=O) groups is 1. The second-order valence-corrected chi connectivity index (χ2v) is 8.75. The fraction of sp³-hybridized carbons (Fsp3) is 0.368. The van der Waals surface area contributed by atoms with E-state index in [1.165, 1.54) is 33.7 Å². The quantitative estimate of drug-likeness (QED) is 0.761. The van der Waals surface area contributed by atoms with Crippen molar-refractivity contribution in [2.45, 2.75) is 24.3 Å². The third kappa shape index (κ3) is 4.36. The molecule has 1 aromatic heterocycles. The van der Waals surface area contributed by atoms with Crippen molar-refractivity contribution in [1.29, 1.82) is 0 Å². The SMILES string of the molecule is CN(Cc1ccc(F)c(F)c1)C(=O)C1CCN(S(=O)(=O)c2cccnc2)CC1. The van der Waals surface area contributed by atoms with E-state index < -0.39 is 21.7 Å². The summed E-state index contributed by atoms with van der Waals surface area (Å²) in [5.74, 6) is -2.33. The number of carbonyl (C=O) groups excluding carboxylic acids is 1. The normalized spacial score (nSPS) is 16.1. The maximum Gasteiger partial charge on any atom is 0.244 e. The predicted molar refractivity (Wildman–Crippen MR) is 98.6 cm³/mol. The Balaban J connectivity index is 1.59. The lowest BCUT2D eigenvalue weighted by Crippen LogP contribution is -2.43. The molecule has 1 saturated heterocycles. The molecule has 28 heavy (non-hydrogen) atoms.